The van der Waals surface area contributed by atoms with E-state index >= 15 is 0 Å². The third-order valence-electron chi connectivity index (χ3n) is 4.61. The van der Waals surface area contributed by atoms with E-state index < -0.39 is 7.14 Å². The summed E-state index contributed by atoms with van der Waals surface area (Å²) in [6, 6.07) is 36.5. The van der Waals surface area contributed by atoms with E-state index in [9.17, 15) is 4.57 Å². The second kappa shape index (κ2) is 9.15. The second-order valence-electron chi connectivity index (χ2n) is 6.68. The van der Waals surface area contributed by atoms with Crippen molar-refractivity contribution in [2.24, 2.45) is 0 Å². The molecule has 1 nitrogen and oxygen atoms in total. The number of benzene rings is 4. The predicted molar refractivity (Wildman–Crippen MR) is 126 cm³/mol. The van der Waals surface area contributed by atoms with Gasteiger partial charge in [-0.05, 0) is 42.1 Å². The molecule has 30 heavy (non-hydrogen) atoms. The van der Waals surface area contributed by atoms with Crippen LogP contribution in [0.25, 0.3) is 0 Å². The topological polar surface area (TPSA) is 17.1 Å². The van der Waals surface area contributed by atoms with Gasteiger partial charge in [0.05, 0.1) is 0 Å². The van der Waals surface area contributed by atoms with Crippen molar-refractivity contribution < 1.29 is 4.57 Å². The first kappa shape index (κ1) is 19.5. The minimum absolute atomic E-state index is 0.670. The van der Waals surface area contributed by atoms with Crippen molar-refractivity contribution in [2.75, 3.05) is 0 Å². The Bertz CT molecular complexity index is 1300. The molecule has 0 aliphatic rings. The van der Waals surface area contributed by atoms with Gasteiger partial charge in [0.1, 0.15) is 0 Å². The lowest BCUT2D eigenvalue weighted by Crippen LogP contribution is -2.17. The van der Waals surface area contributed by atoms with E-state index in [-0.39, 0.29) is 0 Å². The molecule has 0 fully saturated rings. The highest BCUT2D eigenvalue weighted by molar-refractivity contribution is 7.83. The summed E-state index contributed by atoms with van der Waals surface area (Å²) >= 11 is 0. The van der Waals surface area contributed by atoms with Gasteiger partial charge < -0.3 is 0 Å². The highest BCUT2D eigenvalue weighted by atomic mass is 31.2. The molecule has 4 aromatic carbocycles. The zero-order valence-corrected chi connectivity index (χ0v) is 17.2. The highest BCUT2D eigenvalue weighted by Crippen LogP contribution is 2.43. The molecule has 0 heterocycles. The summed E-state index contributed by atoms with van der Waals surface area (Å²) in [7, 11) is -3.21. The lowest BCUT2D eigenvalue weighted by atomic mass is 10.2. The van der Waals surface area contributed by atoms with Gasteiger partial charge in [-0.15, -0.1) is 0 Å². The van der Waals surface area contributed by atoms with Crippen LogP contribution in [0.4, 0.5) is 0 Å². The van der Waals surface area contributed by atoms with Crippen LogP contribution in [-0.4, -0.2) is 0 Å². The van der Waals surface area contributed by atoms with Crippen LogP contribution >= 0.6 is 7.14 Å². The quantitative estimate of drug-likeness (QED) is 0.324. The molecule has 4 aromatic rings. The fourth-order valence-corrected chi connectivity index (χ4v) is 5.25. The van der Waals surface area contributed by atoms with Crippen LogP contribution in [0, 0.1) is 23.4 Å². The first-order valence-corrected chi connectivity index (χ1v) is 11.4. The van der Waals surface area contributed by atoms with Crippen LogP contribution in [-0.2, 0) is 4.57 Å². The van der Waals surface area contributed by atoms with Crippen molar-refractivity contribution >= 4 is 17.8 Å². The number of hydrogen-bond donors (Lipinski definition) is 0. The van der Waals surface area contributed by atoms with Gasteiger partial charge >= 0.3 is 0 Å². The van der Waals surface area contributed by atoms with Gasteiger partial charge in [0.2, 0.25) is 7.14 Å². The Hall–Kier alpha value is -3.77. The van der Waals surface area contributed by atoms with Crippen LogP contribution in [0.3, 0.4) is 0 Å². The predicted octanol–water partition coefficient (Wildman–Crippen LogP) is 5.41. The minimum Gasteiger partial charge on any atom is -0.300 e. The Balaban J connectivity index is 1.87. The first-order valence-electron chi connectivity index (χ1n) is 9.66. The summed E-state index contributed by atoms with van der Waals surface area (Å²) in [4.78, 5) is 0. The molecule has 2 heteroatoms. The molecule has 0 N–H and O–H groups in total. The number of rotatable bonds is 2. The summed E-state index contributed by atoms with van der Waals surface area (Å²) in [5, 5.41) is 1.38. The highest BCUT2D eigenvalue weighted by Gasteiger charge is 2.27. The normalized spacial score (nSPS) is 11.9. The summed E-state index contributed by atoms with van der Waals surface area (Å²) in [6.45, 7) is 0. The standard InChI is InChI=1S/C28H19OP/c29-30(27-17-8-3-9-18-27,23-22-25-14-6-2-7-15-25)28-19-11-10-16-26(28)21-20-24-12-4-1-5-13-24/h1-19H. The van der Waals surface area contributed by atoms with Crippen molar-refractivity contribution in [3.63, 3.8) is 0 Å². The van der Waals surface area contributed by atoms with E-state index in [2.05, 4.69) is 23.4 Å². The van der Waals surface area contributed by atoms with Crippen molar-refractivity contribution in [3.05, 3.63) is 132 Å². The molecule has 0 bridgehead atoms. The Morgan fingerprint density at radius 2 is 1.00 bits per heavy atom. The Kier molecular flexibility index (Phi) is 5.96. The van der Waals surface area contributed by atoms with Gasteiger partial charge in [0.15, 0.2) is 0 Å². The molecule has 0 aliphatic heterocycles. The van der Waals surface area contributed by atoms with Gasteiger partial charge in [0.25, 0.3) is 0 Å². The minimum atomic E-state index is -3.21. The third kappa shape index (κ3) is 4.45. The smallest absolute Gasteiger partial charge is 0.212 e. The van der Waals surface area contributed by atoms with Gasteiger partial charge in [-0.2, -0.15) is 0 Å². The summed E-state index contributed by atoms with van der Waals surface area (Å²) in [5.74, 6) is 9.51. The Labute approximate surface area is 177 Å². The maximum absolute atomic E-state index is 14.4. The lowest BCUT2D eigenvalue weighted by molar-refractivity contribution is 0.593. The van der Waals surface area contributed by atoms with E-state index in [4.69, 9.17) is 0 Å². The zero-order chi connectivity index (χ0) is 20.7. The SMILES string of the molecule is O=P(C#Cc1ccccc1)(c1ccccc1)c1ccccc1C#Cc1ccccc1. The van der Waals surface area contributed by atoms with Crippen molar-refractivity contribution in [1.82, 2.24) is 0 Å². The molecule has 0 spiro atoms. The van der Waals surface area contributed by atoms with Crippen molar-refractivity contribution in [3.8, 4) is 23.4 Å². The molecule has 0 aliphatic carbocycles. The fourth-order valence-electron chi connectivity index (χ4n) is 3.08. The van der Waals surface area contributed by atoms with Crippen LogP contribution in [0.5, 0.6) is 0 Å². The summed E-state index contributed by atoms with van der Waals surface area (Å²) in [5.41, 5.74) is 5.60. The molecule has 0 saturated heterocycles. The van der Waals surface area contributed by atoms with Crippen LogP contribution in [0.15, 0.2) is 115 Å². The number of hydrogen-bond acceptors (Lipinski definition) is 1. The molecule has 0 aromatic heterocycles. The molecule has 0 amide bonds. The molecule has 142 valence electrons. The van der Waals surface area contributed by atoms with Gasteiger partial charge in [0, 0.05) is 27.3 Å². The maximum atomic E-state index is 14.4. The first-order chi connectivity index (χ1) is 14.8. The fraction of sp³-hybridized carbons (Fsp3) is 0. The third-order valence-corrected chi connectivity index (χ3v) is 7.13. The molecular weight excluding hydrogens is 383 g/mol. The average molecular weight is 402 g/mol. The van der Waals surface area contributed by atoms with E-state index in [0.717, 1.165) is 16.7 Å². The molecular formula is C28H19OP. The van der Waals surface area contributed by atoms with Gasteiger partial charge in [-0.25, -0.2) is 0 Å². The molecule has 1 atom stereocenters. The van der Waals surface area contributed by atoms with E-state index in [0.29, 0.717) is 10.6 Å². The van der Waals surface area contributed by atoms with Crippen molar-refractivity contribution in [2.45, 2.75) is 0 Å². The molecule has 4 rings (SSSR count). The van der Waals surface area contributed by atoms with Crippen LogP contribution in [0.2, 0.25) is 0 Å². The van der Waals surface area contributed by atoms with Crippen LogP contribution < -0.4 is 10.6 Å². The van der Waals surface area contributed by atoms with Gasteiger partial charge in [-0.3, -0.25) is 4.57 Å². The average Bonchev–Trinajstić information content (AvgIpc) is 2.83. The summed E-state index contributed by atoms with van der Waals surface area (Å²) in [6.07, 6.45) is 0. The second-order valence-corrected chi connectivity index (χ2v) is 9.12. The monoisotopic (exact) mass is 402 g/mol. The van der Waals surface area contributed by atoms with Crippen molar-refractivity contribution in [1.29, 1.82) is 0 Å². The molecule has 0 saturated carbocycles. The van der Waals surface area contributed by atoms with Gasteiger partial charge in [-0.1, -0.05) is 96.6 Å². The Morgan fingerprint density at radius 1 is 0.500 bits per heavy atom. The summed E-state index contributed by atoms with van der Waals surface area (Å²) < 4.78 is 14.4. The molecule has 0 radical (unpaired) electrons. The van der Waals surface area contributed by atoms with E-state index in [1.54, 1.807) is 0 Å². The lowest BCUT2D eigenvalue weighted by Gasteiger charge is -2.15. The van der Waals surface area contributed by atoms with Crippen LogP contribution in [0.1, 0.15) is 16.7 Å². The van der Waals surface area contributed by atoms with E-state index in [1.807, 2.05) is 115 Å². The van der Waals surface area contributed by atoms with E-state index in [1.165, 1.54) is 0 Å². The zero-order valence-electron chi connectivity index (χ0n) is 16.3. The maximum Gasteiger partial charge on any atom is 0.212 e. The largest absolute Gasteiger partial charge is 0.300 e. The Morgan fingerprint density at radius 3 is 1.63 bits per heavy atom. The molecule has 1 unspecified atom stereocenters.